The van der Waals surface area contributed by atoms with Crippen LogP contribution < -0.4 is 14.2 Å². The van der Waals surface area contributed by atoms with Crippen molar-refractivity contribution < 1.29 is 14.2 Å². The maximum atomic E-state index is 6.10. The molecule has 0 saturated heterocycles. The maximum absolute atomic E-state index is 6.10. The Labute approximate surface area is 136 Å². The van der Waals surface area contributed by atoms with Gasteiger partial charge in [-0.2, -0.15) is 0 Å². The standard InChI is InChI=1S/C20H20O3/c1-14-8-7-11-16-19(14)17(21-2)12-18(22-3)20(16)23-13-15-9-5-4-6-10-15/h4-12H,13H2,1-3H3. The monoisotopic (exact) mass is 308 g/mol. The summed E-state index contributed by atoms with van der Waals surface area (Å²) in [5.74, 6) is 2.22. The molecule has 3 aromatic carbocycles. The minimum atomic E-state index is 0.493. The van der Waals surface area contributed by atoms with Gasteiger partial charge in [-0.3, -0.25) is 0 Å². The van der Waals surface area contributed by atoms with Crippen LogP contribution in [0.5, 0.6) is 17.2 Å². The van der Waals surface area contributed by atoms with Crippen LogP contribution in [0.3, 0.4) is 0 Å². The fourth-order valence-corrected chi connectivity index (χ4v) is 2.76. The number of rotatable bonds is 5. The van der Waals surface area contributed by atoms with Crippen molar-refractivity contribution in [1.82, 2.24) is 0 Å². The van der Waals surface area contributed by atoms with E-state index in [1.54, 1.807) is 14.2 Å². The molecule has 23 heavy (non-hydrogen) atoms. The number of benzene rings is 3. The summed E-state index contributed by atoms with van der Waals surface area (Å²) in [5.41, 5.74) is 2.26. The van der Waals surface area contributed by atoms with Gasteiger partial charge in [0.15, 0.2) is 11.5 Å². The Bertz CT molecular complexity index is 810. The molecule has 0 saturated carbocycles. The van der Waals surface area contributed by atoms with Crippen molar-refractivity contribution in [1.29, 1.82) is 0 Å². The molecule has 3 rings (SSSR count). The van der Waals surface area contributed by atoms with Gasteiger partial charge in [-0.25, -0.2) is 0 Å². The van der Waals surface area contributed by atoms with Gasteiger partial charge in [0.05, 0.1) is 14.2 Å². The number of ether oxygens (including phenoxy) is 3. The Hall–Kier alpha value is -2.68. The molecule has 0 aliphatic carbocycles. The number of aryl methyl sites for hydroxylation is 1. The van der Waals surface area contributed by atoms with Gasteiger partial charge in [0.25, 0.3) is 0 Å². The predicted molar refractivity (Wildman–Crippen MR) is 92.6 cm³/mol. The van der Waals surface area contributed by atoms with Gasteiger partial charge in [-0.15, -0.1) is 0 Å². The molecule has 0 heterocycles. The van der Waals surface area contributed by atoms with Crippen LogP contribution in [0.4, 0.5) is 0 Å². The quantitative estimate of drug-likeness (QED) is 0.681. The van der Waals surface area contributed by atoms with Gasteiger partial charge < -0.3 is 14.2 Å². The lowest BCUT2D eigenvalue weighted by Crippen LogP contribution is -2.00. The van der Waals surface area contributed by atoms with E-state index in [0.717, 1.165) is 33.4 Å². The molecule has 0 N–H and O–H groups in total. The molecule has 118 valence electrons. The van der Waals surface area contributed by atoms with Crippen LogP contribution >= 0.6 is 0 Å². The van der Waals surface area contributed by atoms with E-state index in [0.29, 0.717) is 12.4 Å². The third kappa shape index (κ3) is 2.95. The minimum Gasteiger partial charge on any atom is -0.496 e. The molecule has 0 unspecified atom stereocenters. The van der Waals surface area contributed by atoms with Crippen LogP contribution in [-0.4, -0.2) is 14.2 Å². The third-order valence-electron chi connectivity index (χ3n) is 3.92. The molecule has 0 bridgehead atoms. The van der Waals surface area contributed by atoms with Crippen molar-refractivity contribution in [3.63, 3.8) is 0 Å². The first-order chi connectivity index (χ1) is 11.2. The number of hydrogen-bond donors (Lipinski definition) is 0. The number of fused-ring (bicyclic) bond motifs is 1. The van der Waals surface area contributed by atoms with Gasteiger partial charge in [-0.05, 0) is 18.1 Å². The first-order valence-electron chi connectivity index (χ1n) is 7.55. The fourth-order valence-electron chi connectivity index (χ4n) is 2.76. The lowest BCUT2D eigenvalue weighted by Gasteiger charge is -2.17. The fraction of sp³-hybridized carbons (Fsp3) is 0.200. The average Bonchev–Trinajstić information content (AvgIpc) is 2.60. The molecule has 0 aliphatic heterocycles. The molecule has 0 aromatic heterocycles. The third-order valence-corrected chi connectivity index (χ3v) is 3.92. The Morgan fingerprint density at radius 3 is 2.26 bits per heavy atom. The van der Waals surface area contributed by atoms with Gasteiger partial charge >= 0.3 is 0 Å². The SMILES string of the molecule is COc1cc(OC)c2c(C)cccc2c1OCc1ccccc1. The highest BCUT2D eigenvalue weighted by atomic mass is 16.5. The normalized spacial score (nSPS) is 10.6. The summed E-state index contributed by atoms with van der Waals surface area (Å²) in [6.07, 6.45) is 0. The zero-order valence-corrected chi connectivity index (χ0v) is 13.6. The molecule has 3 nitrogen and oxygen atoms in total. The molecule has 0 amide bonds. The summed E-state index contributed by atoms with van der Waals surface area (Å²) in [5, 5.41) is 2.05. The summed E-state index contributed by atoms with van der Waals surface area (Å²) >= 11 is 0. The average molecular weight is 308 g/mol. The Balaban J connectivity index is 2.09. The zero-order chi connectivity index (χ0) is 16.2. The molecule has 0 fully saturated rings. The van der Waals surface area contributed by atoms with Gasteiger partial charge in [0, 0.05) is 16.8 Å². The van der Waals surface area contributed by atoms with E-state index in [9.17, 15) is 0 Å². The number of methoxy groups -OCH3 is 2. The topological polar surface area (TPSA) is 27.7 Å². The van der Waals surface area contributed by atoms with Gasteiger partial charge in [0.1, 0.15) is 12.4 Å². The molecule has 3 aromatic rings. The molecule has 0 spiro atoms. The first-order valence-corrected chi connectivity index (χ1v) is 7.55. The van der Waals surface area contributed by atoms with Crippen LogP contribution in [0, 0.1) is 6.92 Å². The van der Waals surface area contributed by atoms with E-state index in [1.165, 1.54) is 0 Å². The van der Waals surface area contributed by atoms with Crippen LogP contribution in [0.1, 0.15) is 11.1 Å². The van der Waals surface area contributed by atoms with E-state index in [1.807, 2.05) is 48.5 Å². The molecule has 0 radical (unpaired) electrons. The van der Waals surface area contributed by atoms with Crippen molar-refractivity contribution in [2.24, 2.45) is 0 Å². The van der Waals surface area contributed by atoms with Gasteiger partial charge in [0.2, 0.25) is 0 Å². The minimum absolute atomic E-state index is 0.493. The van der Waals surface area contributed by atoms with Crippen molar-refractivity contribution in [3.05, 3.63) is 65.7 Å². The maximum Gasteiger partial charge on any atom is 0.169 e. The van der Waals surface area contributed by atoms with E-state index in [2.05, 4.69) is 13.0 Å². The molecular formula is C20H20O3. The second-order valence-electron chi connectivity index (χ2n) is 5.38. The van der Waals surface area contributed by atoms with Crippen LogP contribution in [-0.2, 0) is 6.61 Å². The van der Waals surface area contributed by atoms with E-state index in [4.69, 9.17) is 14.2 Å². The highest BCUT2D eigenvalue weighted by Crippen LogP contribution is 2.43. The molecular weight excluding hydrogens is 288 g/mol. The van der Waals surface area contributed by atoms with E-state index in [-0.39, 0.29) is 0 Å². The molecule has 3 heteroatoms. The summed E-state index contributed by atoms with van der Waals surface area (Å²) in [7, 11) is 3.32. The smallest absolute Gasteiger partial charge is 0.169 e. The van der Waals surface area contributed by atoms with Crippen molar-refractivity contribution in [2.75, 3.05) is 14.2 Å². The van der Waals surface area contributed by atoms with Crippen molar-refractivity contribution in [2.45, 2.75) is 13.5 Å². The predicted octanol–water partition coefficient (Wildman–Crippen LogP) is 4.74. The molecule has 0 aliphatic rings. The highest BCUT2D eigenvalue weighted by molar-refractivity contribution is 5.97. The van der Waals surface area contributed by atoms with E-state index >= 15 is 0 Å². The van der Waals surface area contributed by atoms with E-state index < -0.39 is 0 Å². The highest BCUT2D eigenvalue weighted by Gasteiger charge is 2.16. The summed E-state index contributed by atoms with van der Waals surface area (Å²) in [6, 6.07) is 18.1. The van der Waals surface area contributed by atoms with Crippen molar-refractivity contribution >= 4 is 10.8 Å². The van der Waals surface area contributed by atoms with Crippen LogP contribution in [0.25, 0.3) is 10.8 Å². The summed E-state index contributed by atoms with van der Waals surface area (Å²) < 4.78 is 17.2. The van der Waals surface area contributed by atoms with Gasteiger partial charge in [-0.1, -0.05) is 48.5 Å². The lowest BCUT2D eigenvalue weighted by molar-refractivity contribution is 0.287. The largest absolute Gasteiger partial charge is 0.496 e. The number of hydrogen-bond acceptors (Lipinski definition) is 3. The first kappa shape index (κ1) is 15.2. The Morgan fingerprint density at radius 2 is 1.57 bits per heavy atom. The lowest BCUT2D eigenvalue weighted by atomic mass is 10.0. The summed E-state index contributed by atoms with van der Waals surface area (Å²) in [4.78, 5) is 0. The second-order valence-corrected chi connectivity index (χ2v) is 5.38. The Morgan fingerprint density at radius 1 is 0.826 bits per heavy atom. The van der Waals surface area contributed by atoms with Crippen molar-refractivity contribution in [3.8, 4) is 17.2 Å². The van der Waals surface area contributed by atoms with Crippen LogP contribution in [0.2, 0.25) is 0 Å². The summed E-state index contributed by atoms with van der Waals surface area (Å²) in [6.45, 7) is 2.56. The zero-order valence-electron chi connectivity index (χ0n) is 13.6. The van der Waals surface area contributed by atoms with Crippen LogP contribution in [0.15, 0.2) is 54.6 Å². The second kappa shape index (κ2) is 6.61. The Kier molecular flexibility index (Phi) is 4.38. The molecule has 0 atom stereocenters.